The normalized spacial score (nSPS) is 15.3. The molecule has 132 valence electrons. The number of amides is 2. The molecule has 0 aliphatic carbocycles. The largest absolute Gasteiger partial charge is 0.382 e. The van der Waals surface area contributed by atoms with Crippen LogP contribution in [-0.2, 0) is 14.3 Å². The number of ether oxygens (including phenoxy) is 2. The second kappa shape index (κ2) is 9.61. The summed E-state index contributed by atoms with van der Waals surface area (Å²) in [6, 6.07) is 7.12. The minimum Gasteiger partial charge on any atom is -0.382 e. The molecule has 0 aromatic heterocycles. The number of rotatable bonds is 7. The molecule has 1 heterocycles. The number of halogens is 1. The lowest BCUT2D eigenvalue weighted by atomic mass is 10.0. The van der Waals surface area contributed by atoms with E-state index >= 15 is 0 Å². The molecule has 0 spiro atoms. The highest BCUT2D eigenvalue weighted by Gasteiger charge is 2.25. The average Bonchev–Trinajstić information content (AvgIpc) is 2.59. The van der Waals surface area contributed by atoms with E-state index in [0.717, 1.165) is 12.8 Å². The van der Waals surface area contributed by atoms with Crippen molar-refractivity contribution in [2.75, 3.05) is 40.0 Å². The lowest BCUT2D eigenvalue weighted by molar-refractivity contribution is -0.127. The van der Waals surface area contributed by atoms with Gasteiger partial charge >= 0.3 is 0 Å². The second-order valence-corrected chi connectivity index (χ2v) is 6.07. The molecule has 7 heteroatoms. The van der Waals surface area contributed by atoms with E-state index in [4.69, 9.17) is 21.1 Å². The number of nitrogens with zero attached hydrogens (tertiary/aromatic N) is 1. The summed E-state index contributed by atoms with van der Waals surface area (Å²) in [5.41, 5.74) is 0.521. The van der Waals surface area contributed by atoms with Crippen molar-refractivity contribution in [1.82, 2.24) is 10.2 Å². The van der Waals surface area contributed by atoms with E-state index in [-0.39, 0.29) is 24.5 Å². The molecule has 1 aliphatic rings. The number of piperidine rings is 1. The Bertz CT molecular complexity index is 559. The second-order valence-electron chi connectivity index (χ2n) is 5.66. The number of carbonyl (C=O) groups excluding carboxylic acids is 2. The maximum absolute atomic E-state index is 12.5. The summed E-state index contributed by atoms with van der Waals surface area (Å²) in [4.78, 5) is 26.0. The quantitative estimate of drug-likeness (QED) is 0.757. The van der Waals surface area contributed by atoms with Gasteiger partial charge in [-0.2, -0.15) is 0 Å². The highest BCUT2D eigenvalue weighted by Crippen LogP contribution is 2.19. The summed E-state index contributed by atoms with van der Waals surface area (Å²) in [6.07, 6.45) is 1.44. The number of benzene rings is 1. The van der Waals surface area contributed by atoms with E-state index in [1.807, 2.05) is 0 Å². The third kappa shape index (κ3) is 5.47. The van der Waals surface area contributed by atoms with Crippen molar-refractivity contribution in [3.05, 3.63) is 34.9 Å². The van der Waals surface area contributed by atoms with Gasteiger partial charge in [0.25, 0.3) is 5.91 Å². The van der Waals surface area contributed by atoms with E-state index in [2.05, 4.69) is 5.32 Å². The Labute approximate surface area is 147 Å². The van der Waals surface area contributed by atoms with Gasteiger partial charge in [-0.1, -0.05) is 23.7 Å². The SMILES string of the molecule is COCCOCC(=O)NC1CCN(C(=O)c2ccccc2Cl)CC1. The zero-order chi connectivity index (χ0) is 17.4. The molecule has 1 aromatic carbocycles. The summed E-state index contributed by atoms with van der Waals surface area (Å²) < 4.78 is 10.0. The molecule has 1 aliphatic heterocycles. The molecule has 0 bridgehead atoms. The summed E-state index contributed by atoms with van der Waals surface area (Å²) in [5.74, 6) is -0.199. The van der Waals surface area contributed by atoms with Gasteiger partial charge in [0.15, 0.2) is 0 Å². The Balaban J connectivity index is 1.74. The molecule has 1 saturated heterocycles. The van der Waals surface area contributed by atoms with Crippen molar-refractivity contribution in [2.45, 2.75) is 18.9 Å². The van der Waals surface area contributed by atoms with Crippen LogP contribution in [0.25, 0.3) is 0 Å². The Morgan fingerprint density at radius 3 is 2.62 bits per heavy atom. The topological polar surface area (TPSA) is 67.9 Å². The molecule has 1 aromatic rings. The molecule has 24 heavy (non-hydrogen) atoms. The fourth-order valence-corrected chi connectivity index (χ4v) is 2.82. The van der Waals surface area contributed by atoms with Gasteiger partial charge < -0.3 is 19.7 Å². The van der Waals surface area contributed by atoms with Crippen LogP contribution in [0.15, 0.2) is 24.3 Å². The van der Waals surface area contributed by atoms with Gasteiger partial charge in [0.1, 0.15) is 6.61 Å². The van der Waals surface area contributed by atoms with Gasteiger partial charge in [0.05, 0.1) is 23.8 Å². The van der Waals surface area contributed by atoms with Crippen LogP contribution in [-0.4, -0.2) is 62.8 Å². The van der Waals surface area contributed by atoms with Crippen LogP contribution in [0.3, 0.4) is 0 Å². The van der Waals surface area contributed by atoms with Crippen molar-refractivity contribution in [3.8, 4) is 0 Å². The summed E-state index contributed by atoms with van der Waals surface area (Å²) >= 11 is 6.08. The highest BCUT2D eigenvalue weighted by molar-refractivity contribution is 6.33. The molecule has 0 radical (unpaired) electrons. The zero-order valence-corrected chi connectivity index (χ0v) is 14.6. The molecule has 1 fully saturated rings. The summed E-state index contributed by atoms with van der Waals surface area (Å²) in [5, 5.41) is 3.40. The third-order valence-electron chi connectivity index (χ3n) is 3.92. The molecule has 0 atom stereocenters. The first kappa shape index (κ1) is 18.7. The van der Waals surface area contributed by atoms with Crippen molar-refractivity contribution >= 4 is 23.4 Å². The first-order chi connectivity index (χ1) is 11.6. The Kier molecular flexibility index (Phi) is 7.49. The van der Waals surface area contributed by atoms with Gasteiger partial charge in [-0.3, -0.25) is 9.59 Å². The number of carbonyl (C=O) groups is 2. The molecule has 2 rings (SSSR count). The average molecular weight is 355 g/mol. The van der Waals surface area contributed by atoms with Crippen molar-refractivity contribution in [3.63, 3.8) is 0 Å². The van der Waals surface area contributed by atoms with E-state index in [9.17, 15) is 9.59 Å². The lowest BCUT2D eigenvalue weighted by Gasteiger charge is -2.32. The molecule has 0 unspecified atom stereocenters. The van der Waals surface area contributed by atoms with Crippen LogP contribution in [0, 0.1) is 0 Å². The van der Waals surface area contributed by atoms with Gasteiger partial charge in [0, 0.05) is 26.2 Å². The Hall–Kier alpha value is -1.63. The maximum atomic E-state index is 12.5. The molecule has 2 amide bonds. The number of hydrogen-bond donors (Lipinski definition) is 1. The number of methoxy groups -OCH3 is 1. The number of likely N-dealkylation sites (tertiary alicyclic amines) is 1. The first-order valence-corrected chi connectivity index (χ1v) is 8.39. The van der Waals surface area contributed by atoms with Crippen molar-refractivity contribution in [1.29, 1.82) is 0 Å². The van der Waals surface area contributed by atoms with Crippen LogP contribution < -0.4 is 5.32 Å². The predicted octanol–water partition coefficient (Wildman–Crippen LogP) is 1.72. The zero-order valence-electron chi connectivity index (χ0n) is 13.8. The maximum Gasteiger partial charge on any atom is 0.255 e. The first-order valence-electron chi connectivity index (χ1n) is 8.01. The highest BCUT2D eigenvalue weighted by atomic mass is 35.5. The smallest absolute Gasteiger partial charge is 0.255 e. The predicted molar refractivity (Wildman–Crippen MR) is 91.2 cm³/mol. The molecule has 0 saturated carbocycles. The minimum absolute atomic E-state index is 0.0299. The van der Waals surface area contributed by atoms with E-state index in [1.54, 1.807) is 36.3 Å². The van der Waals surface area contributed by atoms with E-state index in [1.165, 1.54) is 0 Å². The fraction of sp³-hybridized carbons (Fsp3) is 0.529. The van der Waals surface area contributed by atoms with Crippen molar-refractivity contribution in [2.24, 2.45) is 0 Å². The van der Waals surface area contributed by atoms with Gasteiger partial charge in [-0.15, -0.1) is 0 Å². The molecule has 6 nitrogen and oxygen atoms in total. The van der Waals surface area contributed by atoms with Crippen LogP contribution >= 0.6 is 11.6 Å². The number of nitrogens with one attached hydrogen (secondary N) is 1. The van der Waals surface area contributed by atoms with Crippen LogP contribution in [0.1, 0.15) is 23.2 Å². The summed E-state index contributed by atoms with van der Waals surface area (Å²) in [7, 11) is 1.58. The van der Waals surface area contributed by atoms with Crippen LogP contribution in [0.4, 0.5) is 0 Å². The van der Waals surface area contributed by atoms with E-state index < -0.39 is 0 Å². The van der Waals surface area contributed by atoms with Crippen LogP contribution in [0.2, 0.25) is 5.02 Å². The van der Waals surface area contributed by atoms with Crippen molar-refractivity contribution < 1.29 is 19.1 Å². The standard InChI is InChI=1S/C17H23ClN2O4/c1-23-10-11-24-12-16(21)19-13-6-8-20(9-7-13)17(22)14-4-2-3-5-15(14)18/h2-5,13H,6-12H2,1H3,(H,19,21). The van der Waals surface area contributed by atoms with Gasteiger partial charge in [-0.05, 0) is 25.0 Å². The summed E-state index contributed by atoms with van der Waals surface area (Å²) in [6.45, 7) is 2.09. The van der Waals surface area contributed by atoms with Gasteiger partial charge in [-0.25, -0.2) is 0 Å². The molecule has 1 N–H and O–H groups in total. The fourth-order valence-electron chi connectivity index (χ4n) is 2.61. The molecular formula is C17H23ClN2O4. The minimum atomic E-state index is -0.137. The lowest BCUT2D eigenvalue weighted by Crippen LogP contribution is -2.47. The third-order valence-corrected chi connectivity index (χ3v) is 4.25. The Morgan fingerprint density at radius 1 is 1.25 bits per heavy atom. The molecular weight excluding hydrogens is 332 g/mol. The Morgan fingerprint density at radius 2 is 1.96 bits per heavy atom. The number of hydrogen-bond acceptors (Lipinski definition) is 4. The monoisotopic (exact) mass is 354 g/mol. The van der Waals surface area contributed by atoms with Crippen LogP contribution in [0.5, 0.6) is 0 Å². The van der Waals surface area contributed by atoms with E-state index in [0.29, 0.717) is 36.9 Å². The van der Waals surface area contributed by atoms with Gasteiger partial charge in [0.2, 0.25) is 5.91 Å².